The third kappa shape index (κ3) is 5.00. The van der Waals surface area contributed by atoms with E-state index < -0.39 is 23.5 Å². The van der Waals surface area contributed by atoms with E-state index in [-0.39, 0.29) is 24.3 Å². The van der Waals surface area contributed by atoms with Crippen LogP contribution in [0.5, 0.6) is 0 Å². The molecule has 0 heterocycles. The summed E-state index contributed by atoms with van der Waals surface area (Å²) in [7, 11) is 0. The Balaban J connectivity index is 1.97. The van der Waals surface area contributed by atoms with Gasteiger partial charge < -0.3 is 15.3 Å². The zero-order valence-corrected chi connectivity index (χ0v) is 19.6. The topological polar surface area (TPSA) is 60.7 Å². The molecule has 36 heavy (non-hydrogen) atoms. The molecule has 0 aliphatic carbocycles. The van der Waals surface area contributed by atoms with E-state index in [2.05, 4.69) is 0 Å². The van der Waals surface area contributed by atoms with Crippen LogP contribution >= 0.6 is 0 Å². The van der Waals surface area contributed by atoms with Crippen molar-refractivity contribution >= 4 is 0 Å². The van der Waals surface area contributed by atoms with Crippen LogP contribution < -0.4 is 0 Å². The second-order valence-corrected chi connectivity index (χ2v) is 8.68. The van der Waals surface area contributed by atoms with Crippen molar-refractivity contribution in [3.05, 3.63) is 93.5 Å². The molecular weight excluding hydrogens is 486 g/mol. The Morgan fingerprint density at radius 1 is 0.667 bits per heavy atom. The van der Waals surface area contributed by atoms with Gasteiger partial charge in [0, 0.05) is 5.56 Å². The molecular formula is C27H26F6O3. The van der Waals surface area contributed by atoms with E-state index in [4.69, 9.17) is 5.11 Å². The SMILES string of the molecule is Cc1c(CCc2ccc(CO)c(CO)c2)cccc1-c1cccc(C(F)(F)C(O)(F)C(F)(F)F)c1C. The predicted octanol–water partition coefficient (Wildman–Crippen LogP) is 6.05. The van der Waals surface area contributed by atoms with Crippen molar-refractivity contribution in [3.8, 4) is 11.1 Å². The quantitative estimate of drug-likeness (QED) is 0.322. The number of aliphatic hydroxyl groups is 3. The number of aliphatic hydroxyl groups excluding tert-OH is 2. The highest BCUT2D eigenvalue weighted by atomic mass is 19.4. The summed E-state index contributed by atoms with van der Waals surface area (Å²) < 4.78 is 81.8. The van der Waals surface area contributed by atoms with Gasteiger partial charge in [0.05, 0.1) is 13.2 Å². The van der Waals surface area contributed by atoms with Crippen molar-refractivity contribution in [2.75, 3.05) is 0 Å². The van der Waals surface area contributed by atoms with Crippen LogP contribution in [-0.2, 0) is 32.0 Å². The molecule has 0 amide bonds. The Hall–Kier alpha value is -2.88. The second-order valence-electron chi connectivity index (χ2n) is 8.68. The van der Waals surface area contributed by atoms with E-state index in [1.54, 1.807) is 31.2 Å². The molecule has 3 N–H and O–H groups in total. The molecule has 0 bridgehead atoms. The number of hydrogen-bond donors (Lipinski definition) is 3. The minimum absolute atomic E-state index is 0.194. The van der Waals surface area contributed by atoms with E-state index in [1.807, 2.05) is 12.1 Å². The molecule has 0 aromatic heterocycles. The van der Waals surface area contributed by atoms with Crippen LogP contribution in [-0.4, -0.2) is 27.4 Å². The molecule has 0 fully saturated rings. The molecule has 0 saturated heterocycles. The molecule has 3 nitrogen and oxygen atoms in total. The first kappa shape index (κ1) is 27.7. The van der Waals surface area contributed by atoms with Crippen LogP contribution in [0.3, 0.4) is 0 Å². The van der Waals surface area contributed by atoms with Gasteiger partial charge in [-0.05, 0) is 71.2 Å². The van der Waals surface area contributed by atoms with Crippen molar-refractivity contribution in [3.63, 3.8) is 0 Å². The predicted molar refractivity (Wildman–Crippen MR) is 123 cm³/mol. The summed E-state index contributed by atoms with van der Waals surface area (Å²) in [6.45, 7) is 2.50. The highest BCUT2D eigenvalue weighted by molar-refractivity contribution is 5.73. The number of halogens is 6. The summed E-state index contributed by atoms with van der Waals surface area (Å²) >= 11 is 0. The van der Waals surface area contributed by atoms with Gasteiger partial charge in [-0.2, -0.15) is 26.3 Å². The van der Waals surface area contributed by atoms with Crippen LogP contribution in [0.15, 0.2) is 54.6 Å². The fourth-order valence-corrected chi connectivity index (χ4v) is 4.29. The molecule has 1 unspecified atom stereocenters. The first-order valence-electron chi connectivity index (χ1n) is 11.1. The van der Waals surface area contributed by atoms with Gasteiger partial charge in [0.15, 0.2) is 0 Å². The Bertz CT molecular complexity index is 1230. The van der Waals surface area contributed by atoms with Gasteiger partial charge in [-0.15, -0.1) is 0 Å². The summed E-state index contributed by atoms with van der Waals surface area (Å²) in [4.78, 5) is 0. The number of aryl methyl sites for hydroxylation is 2. The molecule has 0 saturated carbocycles. The first-order valence-corrected chi connectivity index (χ1v) is 11.1. The normalized spacial score (nSPS) is 14.1. The molecule has 3 rings (SSSR count). The van der Waals surface area contributed by atoms with Gasteiger partial charge in [-0.3, -0.25) is 0 Å². The smallest absolute Gasteiger partial charge is 0.392 e. The van der Waals surface area contributed by atoms with Crippen molar-refractivity contribution < 1.29 is 41.7 Å². The molecule has 0 radical (unpaired) electrons. The summed E-state index contributed by atoms with van der Waals surface area (Å²) in [6.07, 6.45) is -5.09. The van der Waals surface area contributed by atoms with E-state index in [9.17, 15) is 36.6 Å². The van der Waals surface area contributed by atoms with Crippen LogP contribution in [0.2, 0.25) is 0 Å². The largest absolute Gasteiger partial charge is 0.455 e. The molecule has 0 aliphatic rings. The van der Waals surface area contributed by atoms with Crippen LogP contribution in [0, 0.1) is 13.8 Å². The third-order valence-electron chi connectivity index (χ3n) is 6.49. The summed E-state index contributed by atoms with van der Waals surface area (Å²) in [6, 6.07) is 13.7. The molecule has 3 aromatic carbocycles. The summed E-state index contributed by atoms with van der Waals surface area (Å²) in [5, 5.41) is 27.9. The average Bonchev–Trinajstić information content (AvgIpc) is 2.82. The maximum Gasteiger partial charge on any atom is 0.455 e. The minimum Gasteiger partial charge on any atom is -0.392 e. The van der Waals surface area contributed by atoms with Crippen molar-refractivity contribution in [1.82, 2.24) is 0 Å². The van der Waals surface area contributed by atoms with Crippen molar-refractivity contribution in [2.45, 2.75) is 57.9 Å². The molecule has 194 valence electrons. The first-order chi connectivity index (χ1) is 16.8. The molecule has 3 aromatic rings. The Labute approximate surface area is 204 Å². The van der Waals surface area contributed by atoms with Gasteiger partial charge in [-0.1, -0.05) is 54.6 Å². The van der Waals surface area contributed by atoms with Gasteiger partial charge in [0.2, 0.25) is 0 Å². The number of benzene rings is 3. The van der Waals surface area contributed by atoms with Gasteiger partial charge in [0.25, 0.3) is 0 Å². The lowest BCUT2D eigenvalue weighted by molar-refractivity contribution is -0.390. The van der Waals surface area contributed by atoms with Gasteiger partial charge in [0.1, 0.15) is 0 Å². The number of hydrogen-bond acceptors (Lipinski definition) is 3. The molecule has 1 atom stereocenters. The summed E-state index contributed by atoms with van der Waals surface area (Å²) in [5.41, 5.74) is 2.86. The van der Waals surface area contributed by atoms with Crippen LogP contribution in [0.25, 0.3) is 11.1 Å². The second kappa shape index (κ2) is 10.2. The Kier molecular flexibility index (Phi) is 7.88. The molecule has 0 spiro atoms. The van der Waals surface area contributed by atoms with E-state index >= 15 is 0 Å². The fourth-order valence-electron chi connectivity index (χ4n) is 4.29. The minimum atomic E-state index is -6.19. The lowest BCUT2D eigenvalue weighted by Crippen LogP contribution is -2.53. The monoisotopic (exact) mass is 512 g/mol. The lowest BCUT2D eigenvalue weighted by Gasteiger charge is -2.31. The fraction of sp³-hybridized carbons (Fsp3) is 0.333. The van der Waals surface area contributed by atoms with E-state index in [1.165, 1.54) is 6.07 Å². The molecule has 9 heteroatoms. The highest BCUT2D eigenvalue weighted by Gasteiger charge is 2.71. The Morgan fingerprint density at radius 3 is 1.83 bits per heavy atom. The molecule has 0 aliphatic heterocycles. The van der Waals surface area contributed by atoms with Gasteiger partial charge >= 0.3 is 18.0 Å². The zero-order valence-electron chi connectivity index (χ0n) is 19.6. The number of alkyl halides is 6. The number of rotatable bonds is 8. The van der Waals surface area contributed by atoms with Crippen LogP contribution in [0.4, 0.5) is 26.3 Å². The third-order valence-corrected chi connectivity index (χ3v) is 6.49. The Morgan fingerprint density at radius 2 is 1.25 bits per heavy atom. The highest BCUT2D eigenvalue weighted by Crippen LogP contribution is 2.50. The van der Waals surface area contributed by atoms with E-state index in [0.29, 0.717) is 41.2 Å². The lowest BCUT2D eigenvalue weighted by atomic mass is 9.87. The van der Waals surface area contributed by atoms with Crippen molar-refractivity contribution in [2.24, 2.45) is 0 Å². The maximum absolute atomic E-state index is 14.6. The van der Waals surface area contributed by atoms with E-state index in [0.717, 1.165) is 24.1 Å². The zero-order chi connectivity index (χ0) is 26.9. The van der Waals surface area contributed by atoms with Crippen molar-refractivity contribution in [1.29, 1.82) is 0 Å². The average molecular weight is 512 g/mol. The van der Waals surface area contributed by atoms with Gasteiger partial charge in [-0.25, -0.2) is 0 Å². The standard InChI is InChI=1S/C27H26F6O3/c1-16-19(11-9-18-10-12-20(14-34)21(13-18)15-35)5-3-6-22(16)23-7-4-8-24(17(23)2)25(28,29)26(30,36)27(31,32)33/h3-8,10,12-13,34-36H,9,11,14-15H2,1-2H3. The maximum atomic E-state index is 14.6. The van der Waals surface area contributed by atoms with Crippen LogP contribution in [0.1, 0.15) is 38.9 Å². The summed E-state index contributed by atoms with van der Waals surface area (Å²) in [5.74, 6) is -11.0.